The second kappa shape index (κ2) is 7.86. The van der Waals surface area contributed by atoms with E-state index in [2.05, 4.69) is 27.1 Å². The van der Waals surface area contributed by atoms with Gasteiger partial charge in [0.05, 0.1) is 6.04 Å². The lowest BCUT2D eigenvalue weighted by Gasteiger charge is -2.37. The average Bonchev–Trinajstić information content (AvgIpc) is 3.04. The number of alkyl halides is 3. The number of ether oxygens (including phenoxy) is 1. The molecule has 2 bridgehead atoms. The van der Waals surface area contributed by atoms with Gasteiger partial charge in [-0.2, -0.15) is 0 Å². The van der Waals surface area contributed by atoms with E-state index in [0.717, 1.165) is 56.4 Å². The predicted octanol–water partition coefficient (Wildman–Crippen LogP) is 5.01. The summed E-state index contributed by atoms with van der Waals surface area (Å²) in [5.74, 6) is 0.558. The summed E-state index contributed by atoms with van der Waals surface area (Å²) in [6, 6.07) is 12.2. The van der Waals surface area contributed by atoms with E-state index in [9.17, 15) is 18.0 Å². The number of hydrogen-bond acceptors (Lipinski definition) is 3. The van der Waals surface area contributed by atoms with Gasteiger partial charge in [0.2, 0.25) is 5.91 Å². The van der Waals surface area contributed by atoms with Crippen LogP contribution in [0.5, 0.6) is 5.75 Å². The Hall–Kier alpha value is -2.54. The van der Waals surface area contributed by atoms with Crippen LogP contribution < -0.4 is 10.1 Å². The zero-order valence-corrected chi connectivity index (χ0v) is 17.1. The zero-order valence-electron chi connectivity index (χ0n) is 17.1. The number of halogens is 3. The van der Waals surface area contributed by atoms with Crippen LogP contribution in [0.2, 0.25) is 0 Å². The molecule has 2 aromatic rings. The number of amides is 1. The van der Waals surface area contributed by atoms with Gasteiger partial charge in [-0.15, -0.1) is 13.2 Å². The van der Waals surface area contributed by atoms with Gasteiger partial charge in [0.1, 0.15) is 5.75 Å². The molecule has 1 aliphatic carbocycles. The number of benzene rings is 2. The third-order valence-electron chi connectivity index (χ3n) is 6.86. The van der Waals surface area contributed by atoms with E-state index in [1.54, 1.807) is 12.1 Å². The maximum absolute atomic E-state index is 13.3. The second-order valence-corrected chi connectivity index (χ2v) is 8.71. The van der Waals surface area contributed by atoms with Crippen molar-refractivity contribution >= 4 is 5.91 Å². The monoisotopic (exact) mass is 430 g/mol. The zero-order chi connectivity index (χ0) is 21.6. The molecule has 0 saturated carbocycles. The molecule has 2 heterocycles. The summed E-state index contributed by atoms with van der Waals surface area (Å²) in [5, 5.41) is 3.31. The Kier molecular flexibility index (Phi) is 5.16. The third kappa shape index (κ3) is 4.03. The molecular weight excluding hydrogens is 405 g/mol. The van der Waals surface area contributed by atoms with Gasteiger partial charge >= 0.3 is 6.36 Å². The number of nitrogens with zero attached hydrogens (tertiary/aromatic N) is 1. The fraction of sp³-hybridized carbons (Fsp3) is 0.458. The van der Waals surface area contributed by atoms with Crippen molar-refractivity contribution in [1.82, 2.24) is 10.2 Å². The first-order chi connectivity index (χ1) is 14.9. The smallest absolute Gasteiger partial charge is 0.406 e. The number of piperidine rings is 2. The van der Waals surface area contributed by atoms with E-state index < -0.39 is 6.36 Å². The lowest BCUT2D eigenvalue weighted by Crippen LogP contribution is -2.44. The summed E-state index contributed by atoms with van der Waals surface area (Å²) in [5.41, 5.74) is 3.93. The molecule has 1 N–H and O–H groups in total. The molecule has 5 rings (SSSR count). The van der Waals surface area contributed by atoms with Crippen LogP contribution in [0.15, 0.2) is 42.5 Å². The Labute approximate surface area is 179 Å². The number of likely N-dealkylation sites (tertiary alicyclic amines) is 1. The second-order valence-electron chi connectivity index (χ2n) is 8.71. The highest BCUT2D eigenvalue weighted by atomic mass is 19.4. The van der Waals surface area contributed by atoms with E-state index in [1.165, 1.54) is 17.7 Å². The van der Waals surface area contributed by atoms with Gasteiger partial charge in [-0.25, -0.2) is 0 Å². The van der Waals surface area contributed by atoms with Crippen molar-refractivity contribution < 1.29 is 22.7 Å². The third-order valence-corrected chi connectivity index (χ3v) is 6.86. The highest BCUT2D eigenvalue weighted by Crippen LogP contribution is 2.50. The van der Waals surface area contributed by atoms with Crippen molar-refractivity contribution in [3.63, 3.8) is 0 Å². The molecule has 2 aliphatic heterocycles. The fourth-order valence-corrected chi connectivity index (χ4v) is 5.40. The van der Waals surface area contributed by atoms with E-state index in [4.69, 9.17) is 0 Å². The molecule has 7 heteroatoms. The quantitative estimate of drug-likeness (QED) is 0.744. The van der Waals surface area contributed by atoms with Crippen molar-refractivity contribution in [2.75, 3.05) is 19.6 Å². The standard InChI is InChI=1S/C24H25F3N2O2/c25-24(26,27)31-19-3-1-2-16(12-19)17-4-5-20-18-8-11-29(22(14-18)21(20)13-17)23(30)15-6-9-28-10-7-15/h1-5,12-13,15,18,22,28H,6-11,14H2/t18-,22?/m1/s1. The molecule has 1 amide bonds. The number of nitrogens with one attached hydrogen (secondary N) is 1. The predicted molar refractivity (Wildman–Crippen MR) is 111 cm³/mol. The summed E-state index contributed by atoms with van der Waals surface area (Å²) in [6.45, 7) is 2.54. The molecule has 2 aromatic carbocycles. The first-order valence-electron chi connectivity index (χ1n) is 10.9. The van der Waals surface area contributed by atoms with Crippen LogP contribution in [0, 0.1) is 5.92 Å². The van der Waals surface area contributed by atoms with E-state index in [0.29, 0.717) is 11.5 Å². The average molecular weight is 430 g/mol. The van der Waals surface area contributed by atoms with Gasteiger partial charge in [-0.05, 0) is 85.1 Å². The van der Waals surface area contributed by atoms with Crippen LogP contribution in [-0.4, -0.2) is 36.8 Å². The summed E-state index contributed by atoms with van der Waals surface area (Å²) in [4.78, 5) is 15.3. The maximum atomic E-state index is 13.3. The summed E-state index contributed by atoms with van der Waals surface area (Å²) >= 11 is 0. The molecule has 31 heavy (non-hydrogen) atoms. The number of hydrogen-bond donors (Lipinski definition) is 1. The number of fused-ring (bicyclic) bond motifs is 5. The van der Waals surface area contributed by atoms with Crippen LogP contribution in [0.1, 0.15) is 48.8 Å². The van der Waals surface area contributed by atoms with Crippen LogP contribution in [0.3, 0.4) is 0 Å². The Morgan fingerprint density at radius 1 is 1.00 bits per heavy atom. The number of rotatable bonds is 3. The Morgan fingerprint density at radius 2 is 1.77 bits per heavy atom. The van der Waals surface area contributed by atoms with E-state index >= 15 is 0 Å². The topological polar surface area (TPSA) is 41.6 Å². The van der Waals surface area contributed by atoms with Crippen LogP contribution >= 0.6 is 0 Å². The molecule has 2 atom stereocenters. The van der Waals surface area contributed by atoms with Crippen molar-refractivity contribution in [3.05, 3.63) is 53.6 Å². The van der Waals surface area contributed by atoms with Crippen LogP contribution in [-0.2, 0) is 4.79 Å². The molecule has 0 radical (unpaired) electrons. The Bertz CT molecular complexity index is 985. The molecule has 4 nitrogen and oxygen atoms in total. The minimum absolute atomic E-state index is 0.0608. The minimum atomic E-state index is -4.72. The SMILES string of the molecule is O=C(C1CCNCC1)N1CC[C@@H]2CC1c1cc(-c3cccc(OC(F)(F)F)c3)ccc12. The summed E-state index contributed by atoms with van der Waals surface area (Å²) in [6.07, 6.45) is -1.06. The van der Waals surface area contributed by atoms with Gasteiger partial charge in [0.15, 0.2) is 0 Å². The van der Waals surface area contributed by atoms with Crippen LogP contribution in [0.4, 0.5) is 13.2 Å². The first-order valence-corrected chi connectivity index (χ1v) is 10.9. The minimum Gasteiger partial charge on any atom is -0.406 e. The Balaban J connectivity index is 1.43. The van der Waals surface area contributed by atoms with Gasteiger partial charge < -0.3 is 15.0 Å². The highest BCUT2D eigenvalue weighted by Gasteiger charge is 2.42. The molecule has 1 unspecified atom stereocenters. The largest absolute Gasteiger partial charge is 0.573 e. The van der Waals surface area contributed by atoms with Crippen LogP contribution in [0.25, 0.3) is 11.1 Å². The molecule has 3 aliphatic rings. The van der Waals surface area contributed by atoms with Gasteiger partial charge in [0, 0.05) is 12.5 Å². The molecule has 0 spiro atoms. The lowest BCUT2D eigenvalue weighted by molar-refractivity contribution is -0.274. The molecule has 2 fully saturated rings. The first kappa shape index (κ1) is 20.4. The number of carbonyl (C=O) groups excluding carboxylic acids is 1. The summed E-state index contributed by atoms with van der Waals surface area (Å²) in [7, 11) is 0. The van der Waals surface area contributed by atoms with Crippen molar-refractivity contribution in [2.24, 2.45) is 5.92 Å². The molecule has 164 valence electrons. The summed E-state index contributed by atoms with van der Waals surface area (Å²) < 4.78 is 41.9. The Morgan fingerprint density at radius 3 is 2.55 bits per heavy atom. The number of carbonyl (C=O) groups is 1. The van der Waals surface area contributed by atoms with Crippen molar-refractivity contribution in [1.29, 1.82) is 0 Å². The van der Waals surface area contributed by atoms with E-state index in [1.807, 2.05) is 6.07 Å². The molecular formula is C24H25F3N2O2. The van der Waals surface area contributed by atoms with Gasteiger partial charge in [0.25, 0.3) is 0 Å². The van der Waals surface area contributed by atoms with Crippen molar-refractivity contribution in [2.45, 2.75) is 44.0 Å². The van der Waals surface area contributed by atoms with Gasteiger partial charge in [-0.1, -0.05) is 24.3 Å². The van der Waals surface area contributed by atoms with Crippen molar-refractivity contribution in [3.8, 4) is 16.9 Å². The molecule has 2 saturated heterocycles. The van der Waals surface area contributed by atoms with E-state index in [-0.39, 0.29) is 23.6 Å². The van der Waals surface area contributed by atoms with Gasteiger partial charge in [-0.3, -0.25) is 4.79 Å². The highest BCUT2D eigenvalue weighted by molar-refractivity contribution is 5.80. The normalized spacial score (nSPS) is 23.5. The lowest BCUT2D eigenvalue weighted by atomic mass is 9.92. The fourth-order valence-electron chi connectivity index (χ4n) is 5.40. The maximum Gasteiger partial charge on any atom is 0.573 e. The molecule has 0 aromatic heterocycles.